The van der Waals surface area contributed by atoms with Gasteiger partial charge in [-0.1, -0.05) is 6.07 Å². The fraction of sp³-hybridized carbons (Fsp3) is 0.538. The molecule has 17 heavy (non-hydrogen) atoms. The van der Waals surface area contributed by atoms with Crippen molar-refractivity contribution in [2.24, 2.45) is 0 Å². The summed E-state index contributed by atoms with van der Waals surface area (Å²) in [5.74, 6) is 0.864. The zero-order valence-corrected chi connectivity index (χ0v) is 11.6. The number of hydrogen-bond acceptors (Lipinski definition) is 3. The van der Waals surface area contributed by atoms with E-state index in [1.54, 1.807) is 7.11 Å². The van der Waals surface area contributed by atoms with Gasteiger partial charge in [-0.3, -0.25) is 4.90 Å². The Labute approximate surface area is 111 Å². The van der Waals surface area contributed by atoms with Crippen LogP contribution < -0.4 is 4.74 Å². The van der Waals surface area contributed by atoms with E-state index >= 15 is 0 Å². The molecule has 1 aromatic carbocycles. The predicted octanol–water partition coefficient (Wildman–Crippen LogP) is 2.41. The summed E-state index contributed by atoms with van der Waals surface area (Å²) in [5, 5.41) is 9.45. The minimum Gasteiger partial charge on any atom is -0.496 e. The molecule has 0 bridgehead atoms. The molecule has 0 spiro atoms. The maximum absolute atomic E-state index is 9.45. The Morgan fingerprint density at radius 3 is 2.71 bits per heavy atom. The highest BCUT2D eigenvalue weighted by atomic mass is 79.9. The average molecular weight is 300 g/mol. The van der Waals surface area contributed by atoms with Crippen molar-refractivity contribution in [1.29, 1.82) is 0 Å². The van der Waals surface area contributed by atoms with Gasteiger partial charge in [0.15, 0.2) is 0 Å². The molecule has 1 fully saturated rings. The van der Waals surface area contributed by atoms with Gasteiger partial charge in [-0.15, -0.1) is 0 Å². The number of piperidine rings is 1. The van der Waals surface area contributed by atoms with Crippen molar-refractivity contribution in [3.8, 4) is 5.75 Å². The third-order valence-corrected chi connectivity index (χ3v) is 3.80. The molecule has 0 unspecified atom stereocenters. The van der Waals surface area contributed by atoms with Crippen LogP contribution in [0.3, 0.4) is 0 Å². The van der Waals surface area contributed by atoms with Crippen LogP contribution in [-0.2, 0) is 6.54 Å². The lowest BCUT2D eigenvalue weighted by Crippen LogP contribution is -2.35. The third kappa shape index (κ3) is 3.44. The van der Waals surface area contributed by atoms with Crippen molar-refractivity contribution in [2.75, 3.05) is 20.2 Å². The van der Waals surface area contributed by atoms with Crippen LogP contribution in [0.25, 0.3) is 0 Å². The van der Waals surface area contributed by atoms with Crippen molar-refractivity contribution < 1.29 is 9.84 Å². The van der Waals surface area contributed by atoms with E-state index in [2.05, 4.69) is 33.0 Å². The molecule has 1 saturated heterocycles. The number of aliphatic hydroxyl groups is 1. The smallest absolute Gasteiger partial charge is 0.133 e. The largest absolute Gasteiger partial charge is 0.496 e. The lowest BCUT2D eigenvalue weighted by Gasteiger charge is -2.29. The summed E-state index contributed by atoms with van der Waals surface area (Å²) in [7, 11) is 1.67. The van der Waals surface area contributed by atoms with Crippen molar-refractivity contribution in [3.05, 3.63) is 28.2 Å². The van der Waals surface area contributed by atoms with Crippen LogP contribution in [0.4, 0.5) is 0 Å². The Kier molecular flexibility index (Phi) is 4.42. The van der Waals surface area contributed by atoms with Crippen molar-refractivity contribution >= 4 is 15.9 Å². The van der Waals surface area contributed by atoms with Gasteiger partial charge in [0, 0.05) is 19.6 Å². The highest BCUT2D eigenvalue weighted by molar-refractivity contribution is 9.10. The summed E-state index contributed by atoms with van der Waals surface area (Å²) in [5.41, 5.74) is 1.27. The van der Waals surface area contributed by atoms with Crippen LogP contribution in [-0.4, -0.2) is 36.3 Å². The van der Waals surface area contributed by atoms with Crippen LogP contribution >= 0.6 is 15.9 Å². The maximum Gasteiger partial charge on any atom is 0.133 e. The minimum absolute atomic E-state index is 0.103. The first-order valence-electron chi connectivity index (χ1n) is 5.92. The minimum atomic E-state index is -0.103. The van der Waals surface area contributed by atoms with Gasteiger partial charge in [-0.2, -0.15) is 0 Å². The molecule has 4 heteroatoms. The molecule has 0 aromatic heterocycles. The zero-order chi connectivity index (χ0) is 12.3. The van der Waals surface area contributed by atoms with Gasteiger partial charge in [-0.25, -0.2) is 0 Å². The summed E-state index contributed by atoms with van der Waals surface area (Å²) in [6.45, 7) is 2.89. The topological polar surface area (TPSA) is 32.7 Å². The molecule has 3 nitrogen and oxygen atoms in total. The molecular formula is C13H18BrNO2. The molecule has 1 aliphatic heterocycles. The molecule has 2 rings (SSSR count). The van der Waals surface area contributed by atoms with Crippen LogP contribution in [0.5, 0.6) is 5.75 Å². The first kappa shape index (κ1) is 12.9. The molecular weight excluding hydrogens is 282 g/mol. The lowest BCUT2D eigenvalue weighted by atomic mass is 10.1. The zero-order valence-electron chi connectivity index (χ0n) is 10.0. The molecule has 94 valence electrons. The van der Waals surface area contributed by atoms with Gasteiger partial charge in [0.25, 0.3) is 0 Å². The highest BCUT2D eigenvalue weighted by Crippen LogP contribution is 2.26. The Morgan fingerprint density at radius 1 is 1.41 bits per heavy atom. The molecule has 0 amide bonds. The number of aliphatic hydroxyl groups excluding tert-OH is 1. The summed E-state index contributed by atoms with van der Waals surface area (Å²) in [6.07, 6.45) is 1.67. The number of rotatable bonds is 3. The Morgan fingerprint density at radius 2 is 2.12 bits per heavy atom. The number of ether oxygens (including phenoxy) is 1. The molecule has 1 heterocycles. The molecule has 1 aliphatic rings. The summed E-state index contributed by atoms with van der Waals surface area (Å²) in [4.78, 5) is 2.38. The van der Waals surface area contributed by atoms with E-state index < -0.39 is 0 Å². The molecule has 0 radical (unpaired) electrons. The van der Waals surface area contributed by atoms with Crippen molar-refractivity contribution in [2.45, 2.75) is 25.5 Å². The van der Waals surface area contributed by atoms with E-state index in [-0.39, 0.29) is 6.10 Å². The Hall–Kier alpha value is -0.580. The summed E-state index contributed by atoms with van der Waals surface area (Å²) in [6, 6.07) is 6.18. The van der Waals surface area contributed by atoms with Crippen LogP contribution in [0, 0.1) is 0 Å². The number of benzene rings is 1. The SMILES string of the molecule is COc1ccc(CN2CCC(O)CC2)cc1Br. The second-order valence-electron chi connectivity index (χ2n) is 4.48. The first-order chi connectivity index (χ1) is 8.19. The summed E-state index contributed by atoms with van der Waals surface area (Å²) < 4.78 is 6.21. The van der Waals surface area contributed by atoms with E-state index in [4.69, 9.17) is 4.74 Å². The fourth-order valence-electron chi connectivity index (χ4n) is 2.14. The Bertz CT molecular complexity index is 376. The lowest BCUT2D eigenvalue weighted by molar-refractivity contribution is 0.0792. The Balaban J connectivity index is 1.97. The second-order valence-corrected chi connectivity index (χ2v) is 5.33. The standard InChI is InChI=1S/C13H18BrNO2/c1-17-13-3-2-10(8-12(13)14)9-15-6-4-11(16)5-7-15/h2-3,8,11,16H,4-7,9H2,1H3. The number of halogens is 1. The van der Waals surface area contributed by atoms with Crippen LogP contribution in [0.15, 0.2) is 22.7 Å². The van der Waals surface area contributed by atoms with Gasteiger partial charge < -0.3 is 9.84 Å². The average Bonchev–Trinajstić information content (AvgIpc) is 2.32. The summed E-state index contributed by atoms with van der Waals surface area (Å²) >= 11 is 3.50. The quantitative estimate of drug-likeness (QED) is 0.930. The van der Waals surface area contributed by atoms with Crippen LogP contribution in [0.2, 0.25) is 0 Å². The van der Waals surface area contributed by atoms with E-state index in [0.29, 0.717) is 0 Å². The third-order valence-electron chi connectivity index (χ3n) is 3.18. The first-order valence-corrected chi connectivity index (χ1v) is 6.71. The van der Waals surface area contributed by atoms with E-state index in [0.717, 1.165) is 42.7 Å². The van der Waals surface area contributed by atoms with E-state index in [1.807, 2.05) is 6.07 Å². The molecule has 0 aliphatic carbocycles. The van der Waals surface area contributed by atoms with E-state index in [9.17, 15) is 5.11 Å². The molecule has 1 N–H and O–H groups in total. The van der Waals surface area contributed by atoms with Gasteiger partial charge in [0.1, 0.15) is 5.75 Å². The van der Waals surface area contributed by atoms with Crippen molar-refractivity contribution in [3.63, 3.8) is 0 Å². The van der Waals surface area contributed by atoms with Crippen molar-refractivity contribution in [1.82, 2.24) is 4.90 Å². The van der Waals surface area contributed by atoms with Crippen LogP contribution in [0.1, 0.15) is 18.4 Å². The number of likely N-dealkylation sites (tertiary alicyclic amines) is 1. The number of methoxy groups -OCH3 is 1. The normalized spacial score (nSPS) is 18.3. The van der Waals surface area contributed by atoms with Gasteiger partial charge >= 0.3 is 0 Å². The van der Waals surface area contributed by atoms with Gasteiger partial charge in [0.2, 0.25) is 0 Å². The predicted molar refractivity (Wildman–Crippen MR) is 71.2 cm³/mol. The second kappa shape index (κ2) is 5.85. The van der Waals surface area contributed by atoms with Gasteiger partial charge in [0.05, 0.1) is 17.7 Å². The van der Waals surface area contributed by atoms with E-state index in [1.165, 1.54) is 5.56 Å². The number of nitrogens with zero attached hydrogens (tertiary/aromatic N) is 1. The fourth-order valence-corrected chi connectivity index (χ4v) is 2.73. The monoisotopic (exact) mass is 299 g/mol. The number of hydrogen-bond donors (Lipinski definition) is 1. The molecule has 1 aromatic rings. The molecule has 0 atom stereocenters. The maximum atomic E-state index is 9.45. The highest BCUT2D eigenvalue weighted by Gasteiger charge is 2.17. The molecule has 0 saturated carbocycles. The van der Waals surface area contributed by atoms with Gasteiger partial charge in [-0.05, 0) is 46.5 Å².